The Bertz CT molecular complexity index is 129. The second-order valence-corrected chi connectivity index (χ2v) is 2.16. The van der Waals surface area contributed by atoms with Gasteiger partial charge in [0.15, 0.2) is 0 Å². The van der Waals surface area contributed by atoms with Gasteiger partial charge in [-0.25, -0.2) is 4.79 Å². The van der Waals surface area contributed by atoms with Crippen molar-refractivity contribution in [2.45, 2.75) is 19.8 Å². The molecule has 0 bridgehead atoms. The monoisotopic (exact) mass is 148 g/mol. The molecule has 0 fully saturated rings. The lowest BCUT2D eigenvalue weighted by Crippen LogP contribution is -1.87. The number of rotatable bonds is 3. The highest BCUT2D eigenvalue weighted by molar-refractivity contribution is 6.30. The lowest BCUT2D eigenvalue weighted by atomic mass is 10.3. The van der Waals surface area contributed by atoms with E-state index in [0.717, 1.165) is 12.5 Å². The van der Waals surface area contributed by atoms with Gasteiger partial charge in [-0.15, -0.1) is 0 Å². The van der Waals surface area contributed by atoms with E-state index in [2.05, 4.69) is 0 Å². The summed E-state index contributed by atoms with van der Waals surface area (Å²) >= 11 is 5.46. The van der Waals surface area contributed by atoms with Gasteiger partial charge >= 0.3 is 5.97 Å². The molecule has 0 amide bonds. The molecule has 0 radical (unpaired) electrons. The smallest absolute Gasteiger partial charge is 0.329 e. The van der Waals surface area contributed by atoms with E-state index in [1.807, 2.05) is 6.92 Å². The lowest BCUT2D eigenvalue weighted by molar-refractivity contribution is -0.131. The molecule has 0 saturated carbocycles. The maximum Gasteiger partial charge on any atom is 0.329 e. The second-order valence-electron chi connectivity index (χ2n) is 1.68. The van der Waals surface area contributed by atoms with Gasteiger partial charge in [0.25, 0.3) is 0 Å². The fraction of sp³-hybridized carbons (Fsp3) is 0.500. The first-order valence-electron chi connectivity index (χ1n) is 2.75. The average Bonchev–Trinajstić information content (AvgIpc) is 1.63. The summed E-state index contributed by atoms with van der Waals surface area (Å²) < 4.78 is 0. The SMILES string of the molecule is CCC/C(Cl)=C/C(=O)O. The third kappa shape index (κ3) is 5.37. The molecule has 0 unspecified atom stereocenters. The van der Waals surface area contributed by atoms with Gasteiger partial charge in [-0.3, -0.25) is 0 Å². The maximum absolute atomic E-state index is 9.92. The summed E-state index contributed by atoms with van der Waals surface area (Å²) in [6, 6.07) is 0. The number of aliphatic carboxylic acids is 1. The molecule has 1 N–H and O–H groups in total. The predicted molar refractivity (Wildman–Crippen MR) is 36.5 cm³/mol. The van der Waals surface area contributed by atoms with Crippen LogP contribution < -0.4 is 0 Å². The zero-order valence-electron chi connectivity index (χ0n) is 5.22. The lowest BCUT2D eigenvalue weighted by Gasteiger charge is -1.89. The Kier molecular flexibility index (Phi) is 4.14. The molecule has 0 aliphatic heterocycles. The minimum Gasteiger partial charge on any atom is -0.478 e. The number of hydrogen-bond donors (Lipinski definition) is 1. The Morgan fingerprint density at radius 3 is 2.67 bits per heavy atom. The largest absolute Gasteiger partial charge is 0.478 e. The third-order valence-electron chi connectivity index (χ3n) is 0.769. The second kappa shape index (κ2) is 4.39. The summed E-state index contributed by atoms with van der Waals surface area (Å²) in [5.41, 5.74) is 0. The third-order valence-corrected chi connectivity index (χ3v) is 1.07. The highest BCUT2D eigenvalue weighted by Gasteiger charge is 1.93. The fourth-order valence-corrected chi connectivity index (χ4v) is 0.727. The Morgan fingerprint density at radius 1 is 1.78 bits per heavy atom. The molecule has 0 aromatic rings. The molecule has 0 aromatic heterocycles. The van der Waals surface area contributed by atoms with E-state index >= 15 is 0 Å². The molecule has 9 heavy (non-hydrogen) atoms. The minimum atomic E-state index is -0.978. The molecule has 0 aliphatic carbocycles. The number of carbonyl (C=O) groups is 1. The van der Waals surface area contributed by atoms with Crippen molar-refractivity contribution in [3.05, 3.63) is 11.1 Å². The minimum absolute atomic E-state index is 0.407. The molecule has 0 aliphatic rings. The van der Waals surface area contributed by atoms with Gasteiger partial charge in [-0.2, -0.15) is 0 Å². The Morgan fingerprint density at radius 2 is 2.33 bits per heavy atom. The van der Waals surface area contributed by atoms with Gasteiger partial charge in [0, 0.05) is 11.1 Å². The van der Waals surface area contributed by atoms with Crippen LogP contribution in [0.5, 0.6) is 0 Å². The first-order valence-corrected chi connectivity index (χ1v) is 3.13. The summed E-state index contributed by atoms with van der Waals surface area (Å²) in [5.74, 6) is -0.978. The molecule has 3 heteroatoms. The molecule has 0 spiro atoms. The summed E-state index contributed by atoms with van der Waals surface area (Å²) in [5, 5.41) is 8.56. The van der Waals surface area contributed by atoms with Crippen LogP contribution >= 0.6 is 11.6 Å². The molecular weight excluding hydrogens is 140 g/mol. The number of halogens is 1. The Labute approximate surface area is 59.1 Å². The van der Waals surface area contributed by atoms with Crippen LogP contribution in [0, 0.1) is 0 Å². The normalized spacial score (nSPS) is 11.6. The van der Waals surface area contributed by atoms with Crippen LogP contribution in [-0.4, -0.2) is 11.1 Å². The predicted octanol–water partition coefficient (Wildman–Crippen LogP) is 1.99. The van der Waals surface area contributed by atoms with Gasteiger partial charge in [-0.1, -0.05) is 24.9 Å². The van der Waals surface area contributed by atoms with Crippen molar-refractivity contribution in [2.24, 2.45) is 0 Å². The molecule has 0 rings (SSSR count). The van der Waals surface area contributed by atoms with Crippen molar-refractivity contribution in [2.75, 3.05) is 0 Å². The van der Waals surface area contributed by atoms with E-state index in [-0.39, 0.29) is 0 Å². The van der Waals surface area contributed by atoms with Crippen LogP contribution in [-0.2, 0) is 4.79 Å². The van der Waals surface area contributed by atoms with E-state index < -0.39 is 5.97 Å². The highest BCUT2D eigenvalue weighted by Crippen LogP contribution is 2.08. The number of allylic oxidation sites excluding steroid dienone is 1. The summed E-state index contributed by atoms with van der Waals surface area (Å²) in [6.07, 6.45) is 2.54. The molecule has 0 saturated heterocycles. The number of carboxylic acid groups (broad SMARTS) is 1. The maximum atomic E-state index is 9.92. The number of carboxylic acids is 1. The van der Waals surface area contributed by atoms with Gasteiger partial charge in [0.05, 0.1) is 0 Å². The van der Waals surface area contributed by atoms with Gasteiger partial charge in [0.1, 0.15) is 0 Å². The number of hydrogen-bond acceptors (Lipinski definition) is 1. The summed E-state index contributed by atoms with van der Waals surface area (Å²) in [4.78, 5) is 9.92. The molecule has 52 valence electrons. The first kappa shape index (κ1) is 8.50. The molecule has 2 nitrogen and oxygen atoms in total. The van der Waals surface area contributed by atoms with Gasteiger partial charge in [-0.05, 0) is 6.42 Å². The first-order chi connectivity index (χ1) is 4.16. The fourth-order valence-electron chi connectivity index (χ4n) is 0.445. The van der Waals surface area contributed by atoms with Crippen molar-refractivity contribution >= 4 is 17.6 Å². The van der Waals surface area contributed by atoms with E-state index in [9.17, 15) is 4.79 Å². The standard InChI is InChI=1S/C6H9ClO2/c1-2-3-5(7)4-6(8)9/h4H,2-3H2,1H3,(H,8,9)/b5-4-. The average molecular weight is 149 g/mol. The van der Waals surface area contributed by atoms with Crippen molar-refractivity contribution in [1.82, 2.24) is 0 Å². The van der Waals surface area contributed by atoms with Crippen LogP contribution in [0.1, 0.15) is 19.8 Å². The van der Waals surface area contributed by atoms with Crippen LogP contribution in [0.4, 0.5) is 0 Å². The van der Waals surface area contributed by atoms with E-state index in [0.29, 0.717) is 11.5 Å². The van der Waals surface area contributed by atoms with Gasteiger partial charge < -0.3 is 5.11 Å². The summed E-state index contributed by atoms with van der Waals surface area (Å²) in [6.45, 7) is 1.94. The summed E-state index contributed by atoms with van der Waals surface area (Å²) in [7, 11) is 0. The Balaban J connectivity index is 3.69. The highest BCUT2D eigenvalue weighted by atomic mass is 35.5. The van der Waals surface area contributed by atoms with E-state index in [1.165, 1.54) is 0 Å². The van der Waals surface area contributed by atoms with Crippen molar-refractivity contribution in [1.29, 1.82) is 0 Å². The van der Waals surface area contributed by atoms with Crippen LogP contribution in [0.3, 0.4) is 0 Å². The molecular formula is C6H9ClO2. The molecule has 0 atom stereocenters. The van der Waals surface area contributed by atoms with Crippen LogP contribution in [0.15, 0.2) is 11.1 Å². The van der Waals surface area contributed by atoms with Gasteiger partial charge in [0.2, 0.25) is 0 Å². The van der Waals surface area contributed by atoms with E-state index in [4.69, 9.17) is 16.7 Å². The topological polar surface area (TPSA) is 37.3 Å². The zero-order chi connectivity index (χ0) is 7.28. The zero-order valence-corrected chi connectivity index (χ0v) is 5.98. The van der Waals surface area contributed by atoms with E-state index in [1.54, 1.807) is 0 Å². The van der Waals surface area contributed by atoms with Crippen LogP contribution in [0.2, 0.25) is 0 Å². The van der Waals surface area contributed by atoms with Crippen molar-refractivity contribution < 1.29 is 9.90 Å². The van der Waals surface area contributed by atoms with Crippen LogP contribution in [0.25, 0.3) is 0 Å². The quantitative estimate of drug-likeness (QED) is 0.622. The molecule has 0 heterocycles. The Hall–Kier alpha value is -0.500. The van der Waals surface area contributed by atoms with Crippen molar-refractivity contribution in [3.63, 3.8) is 0 Å². The molecule has 0 aromatic carbocycles. The van der Waals surface area contributed by atoms with Crippen molar-refractivity contribution in [3.8, 4) is 0 Å².